The van der Waals surface area contributed by atoms with Crippen LogP contribution < -0.4 is 4.74 Å². The molecule has 0 aliphatic rings. The first-order valence-corrected chi connectivity index (χ1v) is 10.0. The predicted molar refractivity (Wildman–Crippen MR) is 114 cm³/mol. The quantitative estimate of drug-likeness (QED) is 0.301. The monoisotopic (exact) mass is 417 g/mol. The van der Waals surface area contributed by atoms with Gasteiger partial charge in [-0.3, -0.25) is 10.1 Å². The number of hydrogen-bond donors (Lipinski definition) is 0. The summed E-state index contributed by atoms with van der Waals surface area (Å²) in [5.41, 5.74) is 3.22. The number of thiophene rings is 1. The highest BCUT2D eigenvalue weighted by molar-refractivity contribution is 7.16. The third-order valence-corrected chi connectivity index (χ3v) is 5.51. The third kappa shape index (κ3) is 3.25. The van der Waals surface area contributed by atoms with Gasteiger partial charge in [0.1, 0.15) is 17.8 Å². The lowest BCUT2D eigenvalue weighted by molar-refractivity contribution is -0.386. The SMILES string of the molecule is Cc1ccc(OCc2cccc(-c3nc4c5ccsc5ncn4n3)c2)c([N+](=O)[O-])c1. The lowest BCUT2D eigenvalue weighted by atomic mass is 10.1. The number of aromatic nitrogens is 4. The van der Waals surface area contributed by atoms with Crippen LogP contribution in [-0.2, 0) is 6.61 Å². The van der Waals surface area contributed by atoms with Gasteiger partial charge < -0.3 is 4.74 Å². The average Bonchev–Trinajstić information content (AvgIpc) is 3.39. The van der Waals surface area contributed by atoms with Crippen molar-refractivity contribution in [3.63, 3.8) is 0 Å². The Morgan fingerprint density at radius 3 is 2.97 bits per heavy atom. The lowest BCUT2D eigenvalue weighted by Gasteiger charge is -2.08. The second-order valence-electron chi connectivity index (χ2n) is 6.80. The summed E-state index contributed by atoms with van der Waals surface area (Å²) in [5.74, 6) is 0.825. The van der Waals surface area contributed by atoms with Crippen LogP contribution in [0, 0.1) is 17.0 Å². The van der Waals surface area contributed by atoms with E-state index >= 15 is 0 Å². The molecule has 3 heterocycles. The first-order valence-electron chi connectivity index (χ1n) is 9.14. The highest BCUT2D eigenvalue weighted by atomic mass is 32.1. The van der Waals surface area contributed by atoms with Crippen molar-refractivity contribution in [3.05, 3.63) is 81.5 Å². The molecular formula is C21H15N5O3S. The van der Waals surface area contributed by atoms with E-state index in [2.05, 4.69) is 15.1 Å². The molecule has 0 spiro atoms. The minimum atomic E-state index is -0.432. The Bertz CT molecular complexity index is 1410. The number of nitrogens with zero attached hydrogens (tertiary/aromatic N) is 5. The Labute approximate surface area is 174 Å². The Kier molecular flexibility index (Phi) is 4.36. The zero-order valence-corrected chi connectivity index (χ0v) is 16.7. The van der Waals surface area contributed by atoms with Crippen molar-refractivity contribution in [2.75, 3.05) is 0 Å². The Morgan fingerprint density at radius 2 is 2.10 bits per heavy atom. The molecule has 30 heavy (non-hydrogen) atoms. The van der Waals surface area contributed by atoms with E-state index in [9.17, 15) is 10.1 Å². The summed E-state index contributed by atoms with van der Waals surface area (Å²) in [5, 5.41) is 18.8. The van der Waals surface area contributed by atoms with E-state index < -0.39 is 4.92 Å². The number of hydrogen-bond acceptors (Lipinski definition) is 7. The van der Waals surface area contributed by atoms with Crippen LogP contribution in [0.25, 0.3) is 27.3 Å². The van der Waals surface area contributed by atoms with E-state index in [0.717, 1.165) is 32.6 Å². The van der Waals surface area contributed by atoms with E-state index in [-0.39, 0.29) is 18.0 Å². The van der Waals surface area contributed by atoms with Crippen molar-refractivity contribution >= 4 is 32.9 Å². The molecule has 5 rings (SSSR count). The average molecular weight is 417 g/mol. The van der Waals surface area contributed by atoms with Crippen molar-refractivity contribution in [3.8, 4) is 17.1 Å². The Hall–Kier alpha value is -3.85. The molecular weight excluding hydrogens is 402 g/mol. The maximum absolute atomic E-state index is 11.3. The minimum Gasteiger partial charge on any atom is -0.482 e. The normalized spacial score (nSPS) is 11.2. The molecule has 0 fully saturated rings. The van der Waals surface area contributed by atoms with Crippen LogP contribution in [0.4, 0.5) is 5.69 Å². The molecule has 0 saturated carbocycles. The van der Waals surface area contributed by atoms with Gasteiger partial charge in [-0.05, 0) is 41.6 Å². The second kappa shape index (κ2) is 7.20. The van der Waals surface area contributed by atoms with Gasteiger partial charge >= 0.3 is 5.69 Å². The highest BCUT2D eigenvalue weighted by Crippen LogP contribution is 2.29. The molecule has 0 bridgehead atoms. The molecule has 0 atom stereocenters. The van der Waals surface area contributed by atoms with Gasteiger partial charge in [0.15, 0.2) is 17.2 Å². The fourth-order valence-corrected chi connectivity index (χ4v) is 3.97. The first-order chi connectivity index (χ1) is 14.6. The minimum absolute atomic E-state index is 0.0412. The van der Waals surface area contributed by atoms with Gasteiger partial charge in [0, 0.05) is 11.6 Å². The second-order valence-corrected chi connectivity index (χ2v) is 7.70. The van der Waals surface area contributed by atoms with E-state index in [4.69, 9.17) is 4.74 Å². The van der Waals surface area contributed by atoms with Gasteiger partial charge in [-0.1, -0.05) is 24.3 Å². The van der Waals surface area contributed by atoms with E-state index in [0.29, 0.717) is 5.82 Å². The van der Waals surface area contributed by atoms with Crippen molar-refractivity contribution in [2.45, 2.75) is 13.5 Å². The highest BCUT2D eigenvalue weighted by Gasteiger charge is 2.16. The molecule has 3 aromatic heterocycles. The van der Waals surface area contributed by atoms with Crippen LogP contribution in [0.3, 0.4) is 0 Å². The number of fused-ring (bicyclic) bond motifs is 3. The van der Waals surface area contributed by atoms with Crippen LogP contribution in [0.2, 0.25) is 0 Å². The van der Waals surface area contributed by atoms with E-state index in [1.165, 1.54) is 6.07 Å². The predicted octanol–water partition coefficient (Wildman–Crippen LogP) is 4.80. The molecule has 0 N–H and O–H groups in total. The summed E-state index contributed by atoms with van der Waals surface area (Å²) in [4.78, 5) is 20.8. The molecule has 8 nitrogen and oxygen atoms in total. The number of aryl methyl sites for hydroxylation is 1. The van der Waals surface area contributed by atoms with Gasteiger partial charge in [0.25, 0.3) is 0 Å². The number of ether oxygens (including phenoxy) is 1. The van der Waals surface area contributed by atoms with Gasteiger partial charge in [0.2, 0.25) is 0 Å². The van der Waals surface area contributed by atoms with Crippen LogP contribution in [-0.4, -0.2) is 24.5 Å². The molecule has 2 aromatic carbocycles. The summed E-state index contributed by atoms with van der Waals surface area (Å²) in [7, 11) is 0. The summed E-state index contributed by atoms with van der Waals surface area (Å²) >= 11 is 1.56. The Morgan fingerprint density at radius 1 is 1.20 bits per heavy atom. The van der Waals surface area contributed by atoms with Crippen LogP contribution in [0.5, 0.6) is 5.75 Å². The van der Waals surface area contributed by atoms with Crippen LogP contribution in [0.15, 0.2) is 60.2 Å². The van der Waals surface area contributed by atoms with E-state index in [1.807, 2.05) is 42.6 Å². The topological polar surface area (TPSA) is 95.5 Å². The van der Waals surface area contributed by atoms with Crippen molar-refractivity contribution in [1.82, 2.24) is 19.6 Å². The van der Waals surface area contributed by atoms with Gasteiger partial charge in [-0.2, -0.15) is 0 Å². The van der Waals surface area contributed by atoms with Gasteiger partial charge in [-0.15, -0.1) is 16.4 Å². The fraction of sp³-hybridized carbons (Fsp3) is 0.0952. The molecule has 0 aliphatic heterocycles. The number of benzene rings is 2. The molecule has 0 unspecified atom stereocenters. The van der Waals surface area contributed by atoms with Crippen molar-refractivity contribution < 1.29 is 9.66 Å². The molecule has 0 radical (unpaired) electrons. The largest absolute Gasteiger partial charge is 0.482 e. The molecule has 148 valence electrons. The maximum Gasteiger partial charge on any atom is 0.311 e. The standard InChI is InChI=1S/C21H15N5O3S/c1-13-5-6-18(17(9-13)26(27)28)29-11-14-3-2-4-15(10-14)19-23-20-16-7-8-30-21(16)22-12-25(20)24-19/h2-10,12H,11H2,1H3. The fourth-order valence-electron chi connectivity index (χ4n) is 3.24. The molecule has 5 aromatic rings. The molecule has 0 amide bonds. The Balaban J connectivity index is 1.44. The summed E-state index contributed by atoms with van der Waals surface area (Å²) in [6.45, 7) is 2.00. The third-order valence-electron chi connectivity index (χ3n) is 4.69. The smallest absolute Gasteiger partial charge is 0.311 e. The summed E-state index contributed by atoms with van der Waals surface area (Å²) in [6, 6.07) is 14.5. The molecule has 0 aliphatic carbocycles. The maximum atomic E-state index is 11.3. The van der Waals surface area contributed by atoms with Crippen molar-refractivity contribution in [1.29, 1.82) is 0 Å². The van der Waals surface area contributed by atoms with Crippen LogP contribution >= 0.6 is 11.3 Å². The summed E-state index contributed by atoms with van der Waals surface area (Å²) < 4.78 is 7.41. The number of rotatable bonds is 5. The number of nitro benzene ring substituents is 1. The molecule has 9 heteroatoms. The lowest BCUT2D eigenvalue weighted by Crippen LogP contribution is -2.00. The first kappa shape index (κ1) is 18.2. The zero-order valence-electron chi connectivity index (χ0n) is 15.8. The van der Waals surface area contributed by atoms with Crippen molar-refractivity contribution in [2.24, 2.45) is 0 Å². The van der Waals surface area contributed by atoms with Crippen LogP contribution in [0.1, 0.15) is 11.1 Å². The summed E-state index contributed by atoms with van der Waals surface area (Å²) in [6.07, 6.45) is 1.66. The van der Waals surface area contributed by atoms with Gasteiger partial charge in [-0.25, -0.2) is 14.5 Å². The number of nitro groups is 1. The van der Waals surface area contributed by atoms with Gasteiger partial charge in [0.05, 0.1) is 10.3 Å². The molecule has 0 saturated heterocycles. The van der Waals surface area contributed by atoms with E-state index in [1.54, 1.807) is 34.3 Å². The zero-order chi connectivity index (χ0) is 20.7.